The van der Waals surface area contributed by atoms with Crippen molar-refractivity contribution in [1.29, 1.82) is 0 Å². The van der Waals surface area contributed by atoms with Gasteiger partial charge in [0, 0.05) is 65.1 Å². The fourth-order valence-corrected chi connectivity index (χ4v) is 12.1. The molecule has 15 aromatic rings. The van der Waals surface area contributed by atoms with Gasteiger partial charge in [-0.3, -0.25) is 4.40 Å². The van der Waals surface area contributed by atoms with Gasteiger partial charge in [-0.15, -0.1) is 0 Å². The molecule has 318 valence electrons. The van der Waals surface area contributed by atoms with Crippen LogP contribution in [0.2, 0.25) is 0 Å². The highest BCUT2D eigenvalue weighted by Crippen LogP contribution is 2.51. The molecule has 0 radical (unpaired) electrons. The molecule has 0 spiro atoms. The van der Waals surface area contributed by atoms with Crippen LogP contribution >= 0.6 is 0 Å². The third-order valence-electron chi connectivity index (χ3n) is 15.3. The molecule has 0 atom stereocenters. The maximum Gasteiger partial charge on any atom is 0.146 e. The van der Waals surface area contributed by atoms with Crippen LogP contribution in [-0.4, -0.2) is 18.4 Å². The Balaban J connectivity index is 1.14. The zero-order valence-electron chi connectivity index (χ0n) is 38.5. The van der Waals surface area contributed by atoms with E-state index in [-0.39, 0.29) is 10.8 Å². The van der Waals surface area contributed by atoms with E-state index in [1.54, 1.807) is 0 Å². The quantitative estimate of drug-likeness (QED) is 0.170. The van der Waals surface area contributed by atoms with Gasteiger partial charge in [0.1, 0.15) is 5.65 Å². The Hall–Kier alpha value is -7.95. The summed E-state index contributed by atoms with van der Waals surface area (Å²) in [6.07, 6.45) is 2.19. The molecule has 4 heteroatoms. The van der Waals surface area contributed by atoms with E-state index < -0.39 is 0 Å². The van der Waals surface area contributed by atoms with Crippen LogP contribution in [-0.2, 0) is 10.8 Å². The van der Waals surface area contributed by atoms with Crippen LogP contribution < -0.4 is 0 Å². The molecular weight excluding hydrogens is 813 g/mol. The van der Waals surface area contributed by atoms with Crippen LogP contribution in [0.3, 0.4) is 0 Å². The van der Waals surface area contributed by atoms with E-state index in [9.17, 15) is 0 Å². The second-order valence-corrected chi connectivity index (χ2v) is 21.2. The Morgan fingerprint density at radius 3 is 1.75 bits per heavy atom. The summed E-state index contributed by atoms with van der Waals surface area (Å²) >= 11 is 0. The molecule has 0 aliphatic heterocycles. The summed E-state index contributed by atoms with van der Waals surface area (Å²) in [5, 5.41) is 17.8. The third kappa shape index (κ3) is 4.79. The number of hydrogen-bond acceptors (Lipinski definition) is 1. The minimum absolute atomic E-state index is 0.0630. The van der Waals surface area contributed by atoms with Gasteiger partial charge in [-0.25, -0.2) is 4.98 Å². The zero-order chi connectivity index (χ0) is 44.8. The average Bonchev–Trinajstić information content (AvgIpc) is 4.12. The fourth-order valence-electron chi connectivity index (χ4n) is 12.1. The van der Waals surface area contributed by atoms with Crippen molar-refractivity contribution in [3.63, 3.8) is 0 Å². The topological polar surface area (TPSA) is 26.6 Å². The van der Waals surface area contributed by atoms with E-state index >= 15 is 0 Å². The highest BCUT2D eigenvalue weighted by atomic mass is 15.0. The monoisotopic (exact) mass is 858 g/mol. The fraction of sp³-hybridized carbons (Fsp3) is 0.127. The lowest BCUT2D eigenvalue weighted by Gasteiger charge is -2.21. The number of hydrogen-bond donors (Lipinski definition) is 0. The molecule has 6 heterocycles. The van der Waals surface area contributed by atoms with Gasteiger partial charge >= 0.3 is 0 Å². The maximum absolute atomic E-state index is 5.61. The van der Waals surface area contributed by atoms with Gasteiger partial charge in [-0.1, -0.05) is 133 Å². The van der Waals surface area contributed by atoms with Crippen LogP contribution in [0.5, 0.6) is 0 Å². The van der Waals surface area contributed by atoms with E-state index in [0.717, 1.165) is 11.2 Å². The maximum atomic E-state index is 5.61. The molecule has 0 saturated heterocycles. The average molecular weight is 859 g/mol. The van der Waals surface area contributed by atoms with Crippen LogP contribution in [0.1, 0.15) is 52.7 Å². The predicted molar refractivity (Wildman–Crippen MR) is 286 cm³/mol. The van der Waals surface area contributed by atoms with E-state index in [1.807, 2.05) is 0 Å². The van der Waals surface area contributed by atoms with Gasteiger partial charge in [0.15, 0.2) is 0 Å². The van der Waals surface area contributed by atoms with Crippen molar-refractivity contribution in [3.05, 3.63) is 181 Å². The summed E-state index contributed by atoms with van der Waals surface area (Å²) in [5.74, 6) is 0. The lowest BCUT2D eigenvalue weighted by atomic mass is 9.83. The molecule has 4 nitrogen and oxygen atoms in total. The van der Waals surface area contributed by atoms with Crippen molar-refractivity contribution >= 4 is 120 Å². The second-order valence-electron chi connectivity index (χ2n) is 21.2. The molecular formula is C63H46N4. The van der Waals surface area contributed by atoms with Crippen LogP contribution in [0.25, 0.3) is 136 Å². The number of nitrogens with zero attached hydrogens (tertiary/aromatic N) is 4. The Morgan fingerprint density at radius 1 is 0.373 bits per heavy atom. The largest absolute Gasteiger partial charge is 0.309 e. The van der Waals surface area contributed by atoms with Crippen molar-refractivity contribution in [2.24, 2.45) is 0 Å². The molecule has 0 bridgehead atoms. The number of aromatic nitrogens is 4. The Morgan fingerprint density at radius 2 is 0.970 bits per heavy atom. The summed E-state index contributed by atoms with van der Waals surface area (Å²) in [5.41, 5.74) is 15.7. The SMILES string of the molecule is CC(C)(C)c1cc(-c2ccc3c(c2)c2ccccc2n3-c2ccccc2)c2c(c1)c1cc3ccccc3c3c4c5c6cc(C(C)(C)C)cc7c8cc9ccccc9cc8n(c5ncc4n2c13)c76. The normalized spacial score (nSPS) is 13.2. The van der Waals surface area contributed by atoms with Crippen molar-refractivity contribution in [2.45, 2.75) is 52.4 Å². The van der Waals surface area contributed by atoms with Gasteiger partial charge in [0.2, 0.25) is 0 Å². The first-order chi connectivity index (χ1) is 32.5. The highest BCUT2D eigenvalue weighted by Gasteiger charge is 2.30. The van der Waals surface area contributed by atoms with Crippen molar-refractivity contribution in [1.82, 2.24) is 18.4 Å². The van der Waals surface area contributed by atoms with Crippen molar-refractivity contribution < 1.29 is 0 Å². The molecule has 0 N–H and O–H groups in total. The number of benzene rings is 9. The lowest BCUT2D eigenvalue weighted by molar-refractivity contribution is 0.591. The smallest absolute Gasteiger partial charge is 0.146 e. The number of para-hydroxylation sites is 2. The standard InChI is InChI=1S/C63H46N4/c1-62(2,3)39-30-44(38-24-25-52-45(27-38)43-22-14-15-23-51(43)65(52)41-19-8-7-9-20-41)58-49(32-39)47-28-37-18-12-13-21-42(37)55-57-54(66(58)60(47)55)34-64-61-56(57)50-33-40(63(4,5)6)31-48-46-26-35-16-10-11-17-36(35)29-53(46)67(61)59(48)50/h7-34H,1-6H3. The van der Waals surface area contributed by atoms with E-state index in [0.29, 0.717) is 0 Å². The van der Waals surface area contributed by atoms with E-state index in [2.05, 4.69) is 225 Å². The first-order valence-corrected chi connectivity index (χ1v) is 23.7. The van der Waals surface area contributed by atoms with Gasteiger partial charge in [-0.05, 0) is 122 Å². The zero-order valence-corrected chi connectivity index (χ0v) is 38.5. The van der Waals surface area contributed by atoms with Gasteiger partial charge in [0.05, 0.1) is 44.8 Å². The number of rotatable bonds is 2. The molecule has 0 unspecified atom stereocenters. The molecule has 9 aromatic carbocycles. The van der Waals surface area contributed by atoms with Gasteiger partial charge in [0.25, 0.3) is 0 Å². The summed E-state index contributed by atoms with van der Waals surface area (Å²) < 4.78 is 7.48. The number of fused-ring (bicyclic) bond motifs is 19. The van der Waals surface area contributed by atoms with Gasteiger partial charge < -0.3 is 8.97 Å². The summed E-state index contributed by atoms with van der Waals surface area (Å²) in [7, 11) is 0. The van der Waals surface area contributed by atoms with Crippen LogP contribution in [0.4, 0.5) is 0 Å². The van der Waals surface area contributed by atoms with Gasteiger partial charge in [-0.2, -0.15) is 0 Å². The molecule has 0 aliphatic rings. The van der Waals surface area contributed by atoms with Crippen molar-refractivity contribution in [3.8, 4) is 16.8 Å². The molecule has 15 rings (SSSR count). The van der Waals surface area contributed by atoms with Crippen LogP contribution in [0.15, 0.2) is 170 Å². The molecule has 67 heavy (non-hydrogen) atoms. The lowest BCUT2D eigenvalue weighted by Crippen LogP contribution is -2.11. The first-order valence-electron chi connectivity index (χ1n) is 23.7. The Bertz CT molecular complexity index is 4620. The Kier molecular flexibility index (Phi) is 6.94. The first kappa shape index (κ1) is 37.3. The molecule has 0 aliphatic carbocycles. The minimum Gasteiger partial charge on any atom is -0.309 e. The predicted octanol–water partition coefficient (Wildman–Crippen LogP) is 17.0. The third-order valence-corrected chi connectivity index (χ3v) is 15.3. The number of pyridine rings is 1. The molecule has 0 amide bonds. The minimum atomic E-state index is -0.0834. The molecule has 0 saturated carbocycles. The van der Waals surface area contributed by atoms with Crippen LogP contribution in [0, 0.1) is 0 Å². The summed E-state index contributed by atoms with van der Waals surface area (Å²) in [4.78, 5) is 5.61. The highest BCUT2D eigenvalue weighted by molar-refractivity contribution is 6.39. The molecule has 0 fully saturated rings. The second kappa shape index (κ2) is 12.5. The molecule has 6 aromatic heterocycles. The van der Waals surface area contributed by atoms with E-state index in [1.165, 1.54) is 136 Å². The van der Waals surface area contributed by atoms with E-state index in [4.69, 9.17) is 4.98 Å². The Labute approximate surface area is 386 Å². The van der Waals surface area contributed by atoms with Crippen molar-refractivity contribution in [2.75, 3.05) is 0 Å². The summed E-state index contributed by atoms with van der Waals surface area (Å²) in [6.45, 7) is 14.1. The summed E-state index contributed by atoms with van der Waals surface area (Å²) in [6, 6.07) is 61.7.